The molecule has 1 saturated heterocycles. The molecule has 0 aliphatic carbocycles. The lowest BCUT2D eigenvalue weighted by molar-refractivity contribution is 0.0697. The Kier molecular flexibility index (Phi) is 4.53. The second kappa shape index (κ2) is 6.15. The van der Waals surface area contributed by atoms with Crippen LogP contribution in [0.4, 0.5) is 0 Å². The molecule has 0 bridgehead atoms. The summed E-state index contributed by atoms with van der Waals surface area (Å²) in [6, 6.07) is 7.62. The first-order chi connectivity index (χ1) is 9.06. The van der Waals surface area contributed by atoms with E-state index < -0.39 is 0 Å². The molecule has 1 aliphatic heterocycles. The predicted octanol–water partition coefficient (Wildman–Crippen LogP) is 2.39. The zero-order valence-electron chi connectivity index (χ0n) is 11.3. The molecule has 0 unspecified atom stereocenters. The van der Waals surface area contributed by atoms with Gasteiger partial charge in [-0.05, 0) is 36.5 Å². The highest BCUT2D eigenvalue weighted by molar-refractivity contribution is 7.80. The van der Waals surface area contributed by atoms with E-state index in [-0.39, 0.29) is 5.91 Å². The molecular formula is C15H20N2OS. The van der Waals surface area contributed by atoms with Crippen LogP contribution in [0.2, 0.25) is 0 Å². The first-order valence-corrected chi connectivity index (χ1v) is 7.13. The number of hydrogen-bond acceptors (Lipinski definition) is 2. The maximum Gasteiger partial charge on any atom is 0.253 e. The number of nitrogens with zero attached hydrogens (tertiary/aromatic N) is 1. The van der Waals surface area contributed by atoms with Crippen LogP contribution in [0.15, 0.2) is 24.3 Å². The molecule has 1 aromatic carbocycles. The summed E-state index contributed by atoms with van der Waals surface area (Å²) in [6.07, 6.45) is 2.74. The summed E-state index contributed by atoms with van der Waals surface area (Å²) in [7, 11) is 0. The number of carbonyl (C=O) groups excluding carboxylic acids is 1. The smallest absolute Gasteiger partial charge is 0.253 e. The Morgan fingerprint density at radius 1 is 1.42 bits per heavy atom. The van der Waals surface area contributed by atoms with E-state index in [2.05, 4.69) is 6.92 Å². The second-order valence-corrected chi connectivity index (χ2v) is 5.84. The summed E-state index contributed by atoms with van der Waals surface area (Å²) in [5.74, 6) is 0.849. The lowest BCUT2D eigenvalue weighted by atomic mass is 9.98. The van der Waals surface area contributed by atoms with Gasteiger partial charge in [0.1, 0.15) is 0 Å². The summed E-state index contributed by atoms with van der Waals surface area (Å²) in [5, 5.41) is 0. The van der Waals surface area contributed by atoms with Crippen LogP contribution >= 0.6 is 12.2 Å². The van der Waals surface area contributed by atoms with E-state index in [1.54, 1.807) is 0 Å². The molecular weight excluding hydrogens is 256 g/mol. The van der Waals surface area contributed by atoms with Crippen molar-refractivity contribution >= 4 is 23.1 Å². The quantitative estimate of drug-likeness (QED) is 0.862. The largest absolute Gasteiger partial charge is 0.393 e. The third-order valence-electron chi connectivity index (χ3n) is 3.62. The van der Waals surface area contributed by atoms with E-state index in [0.717, 1.165) is 43.0 Å². The SMILES string of the molecule is CC1CCN(C(=O)c2cccc(CC(N)=S)c2)CC1. The van der Waals surface area contributed by atoms with Gasteiger partial charge in [-0.2, -0.15) is 0 Å². The van der Waals surface area contributed by atoms with Crippen molar-refractivity contribution in [2.24, 2.45) is 11.7 Å². The molecule has 2 rings (SSSR count). The van der Waals surface area contributed by atoms with Gasteiger partial charge >= 0.3 is 0 Å². The van der Waals surface area contributed by atoms with Gasteiger partial charge in [0.15, 0.2) is 0 Å². The summed E-state index contributed by atoms with van der Waals surface area (Å²) >= 11 is 4.91. The number of rotatable bonds is 3. The van der Waals surface area contributed by atoms with Gasteiger partial charge in [-0.15, -0.1) is 0 Å². The van der Waals surface area contributed by atoms with Crippen LogP contribution in [0.1, 0.15) is 35.7 Å². The molecule has 0 radical (unpaired) electrons. The number of likely N-dealkylation sites (tertiary alicyclic amines) is 1. The molecule has 1 aliphatic rings. The Morgan fingerprint density at radius 3 is 2.74 bits per heavy atom. The van der Waals surface area contributed by atoms with Crippen molar-refractivity contribution in [1.82, 2.24) is 4.90 Å². The fourth-order valence-corrected chi connectivity index (χ4v) is 2.58. The van der Waals surface area contributed by atoms with Crippen molar-refractivity contribution in [3.05, 3.63) is 35.4 Å². The van der Waals surface area contributed by atoms with Crippen molar-refractivity contribution < 1.29 is 4.79 Å². The number of amides is 1. The molecule has 1 heterocycles. The van der Waals surface area contributed by atoms with Crippen LogP contribution in [0.25, 0.3) is 0 Å². The van der Waals surface area contributed by atoms with Crippen molar-refractivity contribution in [3.8, 4) is 0 Å². The Labute approximate surface area is 119 Å². The van der Waals surface area contributed by atoms with Crippen LogP contribution < -0.4 is 5.73 Å². The standard InChI is InChI=1S/C15H20N2OS/c1-11-5-7-17(8-6-11)15(18)13-4-2-3-12(9-13)10-14(16)19/h2-4,9,11H,5-8,10H2,1H3,(H2,16,19). The van der Waals surface area contributed by atoms with Crippen molar-refractivity contribution in [2.75, 3.05) is 13.1 Å². The van der Waals surface area contributed by atoms with Gasteiger partial charge in [-0.3, -0.25) is 4.79 Å². The fraction of sp³-hybridized carbons (Fsp3) is 0.467. The molecule has 0 aromatic heterocycles. The van der Waals surface area contributed by atoms with Gasteiger partial charge in [0.25, 0.3) is 5.91 Å². The van der Waals surface area contributed by atoms with Gasteiger partial charge in [0.2, 0.25) is 0 Å². The summed E-state index contributed by atoms with van der Waals surface area (Å²) in [4.78, 5) is 14.8. The average molecular weight is 276 g/mol. The first kappa shape index (κ1) is 14.0. The van der Waals surface area contributed by atoms with Crippen LogP contribution in [-0.4, -0.2) is 28.9 Å². The fourth-order valence-electron chi connectivity index (χ4n) is 2.41. The number of benzene rings is 1. The number of piperidine rings is 1. The minimum atomic E-state index is 0.122. The minimum absolute atomic E-state index is 0.122. The van der Waals surface area contributed by atoms with Crippen molar-refractivity contribution in [2.45, 2.75) is 26.2 Å². The Bertz CT molecular complexity index is 479. The molecule has 102 valence electrons. The van der Waals surface area contributed by atoms with E-state index in [9.17, 15) is 4.79 Å². The Morgan fingerprint density at radius 2 is 2.11 bits per heavy atom. The summed E-state index contributed by atoms with van der Waals surface area (Å²) in [5.41, 5.74) is 7.29. The van der Waals surface area contributed by atoms with E-state index in [4.69, 9.17) is 18.0 Å². The molecule has 1 amide bonds. The summed E-state index contributed by atoms with van der Waals surface area (Å²) in [6.45, 7) is 3.96. The minimum Gasteiger partial charge on any atom is -0.393 e. The zero-order chi connectivity index (χ0) is 13.8. The molecule has 4 heteroatoms. The van der Waals surface area contributed by atoms with E-state index in [1.165, 1.54) is 0 Å². The third kappa shape index (κ3) is 3.77. The van der Waals surface area contributed by atoms with Gasteiger partial charge in [-0.25, -0.2) is 0 Å². The maximum absolute atomic E-state index is 12.4. The first-order valence-electron chi connectivity index (χ1n) is 6.73. The highest BCUT2D eigenvalue weighted by atomic mass is 32.1. The van der Waals surface area contributed by atoms with Crippen LogP contribution in [0, 0.1) is 5.92 Å². The van der Waals surface area contributed by atoms with Gasteiger partial charge in [0, 0.05) is 25.1 Å². The van der Waals surface area contributed by atoms with Gasteiger partial charge in [-0.1, -0.05) is 31.3 Å². The molecule has 2 N–H and O–H groups in total. The second-order valence-electron chi connectivity index (χ2n) is 5.32. The molecule has 0 spiro atoms. The normalized spacial score (nSPS) is 16.4. The molecule has 0 atom stereocenters. The lowest BCUT2D eigenvalue weighted by Gasteiger charge is -2.30. The van der Waals surface area contributed by atoms with Crippen LogP contribution in [0.5, 0.6) is 0 Å². The van der Waals surface area contributed by atoms with Gasteiger partial charge < -0.3 is 10.6 Å². The molecule has 1 aromatic rings. The van der Waals surface area contributed by atoms with E-state index in [1.807, 2.05) is 29.2 Å². The molecule has 0 saturated carbocycles. The van der Waals surface area contributed by atoms with E-state index in [0.29, 0.717) is 11.4 Å². The van der Waals surface area contributed by atoms with E-state index >= 15 is 0 Å². The Hall–Kier alpha value is -1.42. The summed E-state index contributed by atoms with van der Waals surface area (Å²) < 4.78 is 0. The number of hydrogen-bond donors (Lipinski definition) is 1. The average Bonchev–Trinajstić information content (AvgIpc) is 2.38. The maximum atomic E-state index is 12.4. The van der Waals surface area contributed by atoms with Crippen molar-refractivity contribution in [3.63, 3.8) is 0 Å². The topological polar surface area (TPSA) is 46.3 Å². The zero-order valence-corrected chi connectivity index (χ0v) is 12.1. The van der Waals surface area contributed by atoms with Crippen LogP contribution in [-0.2, 0) is 6.42 Å². The molecule has 1 fully saturated rings. The Balaban J connectivity index is 2.08. The monoisotopic (exact) mass is 276 g/mol. The third-order valence-corrected chi connectivity index (χ3v) is 3.77. The number of thiocarbonyl (C=S) groups is 1. The van der Waals surface area contributed by atoms with Gasteiger partial charge in [0.05, 0.1) is 4.99 Å². The highest BCUT2D eigenvalue weighted by Crippen LogP contribution is 2.18. The predicted molar refractivity (Wildman–Crippen MR) is 81.2 cm³/mol. The van der Waals surface area contributed by atoms with Crippen molar-refractivity contribution in [1.29, 1.82) is 0 Å². The van der Waals surface area contributed by atoms with Crippen LogP contribution in [0.3, 0.4) is 0 Å². The highest BCUT2D eigenvalue weighted by Gasteiger charge is 2.21. The molecule has 3 nitrogen and oxygen atoms in total. The number of nitrogens with two attached hydrogens (primary N) is 1. The molecule has 19 heavy (non-hydrogen) atoms. The number of carbonyl (C=O) groups is 1. The lowest BCUT2D eigenvalue weighted by Crippen LogP contribution is -2.37.